The average Bonchev–Trinajstić information content (AvgIpc) is 2.43. The van der Waals surface area contributed by atoms with Crippen LogP contribution in [0.5, 0.6) is 0 Å². The monoisotopic (exact) mass is 155 g/mol. The van der Waals surface area contributed by atoms with Gasteiger partial charge in [-0.15, -0.1) is 0 Å². The van der Waals surface area contributed by atoms with E-state index in [9.17, 15) is 4.79 Å². The summed E-state index contributed by atoms with van der Waals surface area (Å²) >= 11 is 1.60. The molecule has 1 rings (SSSR count). The zero-order valence-corrected chi connectivity index (χ0v) is 6.60. The fourth-order valence-corrected chi connectivity index (χ4v) is 1.39. The van der Waals surface area contributed by atoms with Crippen molar-refractivity contribution in [2.45, 2.75) is 6.92 Å². The number of nitrogens with zero attached hydrogens (tertiary/aromatic N) is 1. The molecule has 0 aromatic carbocycles. The number of hydrogen-bond donors (Lipinski definition) is 0. The highest BCUT2D eigenvalue weighted by Crippen LogP contribution is 2.15. The standard InChI is InChI=1S/C7H9NOS/c1-2-8(6-9)7-3-4-10-5-7/h3-6H,2H2,1H3. The normalized spacial score (nSPS) is 9.30. The van der Waals surface area contributed by atoms with E-state index in [4.69, 9.17) is 0 Å². The lowest BCUT2D eigenvalue weighted by Gasteiger charge is -2.10. The van der Waals surface area contributed by atoms with Gasteiger partial charge in [0.15, 0.2) is 0 Å². The average molecular weight is 155 g/mol. The third kappa shape index (κ3) is 1.36. The van der Waals surface area contributed by atoms with Gasteiger partial charge in [-0.1, -0.05) is 0 Å². The highest BCUT2D eigenvalue weighted by atomic mass is 32.1. The second-order valence-corrected chi connectivity index (χ2v) is 2.65. The van der Waals surface area contributed by atoms with Crippen LogP contribution in [0.1, 0.15) is 6.92 Å². The summed E-state index contributed by atoms with van der Waals surface area (Å²) < 4.78 is 0. The second kappa shape index (κ2) is 3.37. The smallest absolute Gasteiger partial charge is 0.214 e. The molecule has 1 heterocycles. The Kier molecular flexibility index (Phi) is 2.45. The molecule has 0 unspecified atom stereocenters. The van der Waals surface area contributed by atoms with Crippen molar-refractivity contribution in [1.82, 2.24) is 0 Å². The van der Waals surface area contributed by atoms with Gasteiger partial charge in [0.1, 0.15) is 0 Å². The summed E-state index contributed by atoms with van der Waals surface area (Å²) in [6, 6.07) is 1.93. The summed E-state index contributed by atoms with van der Waals surface area (Å²) in [5.41, 5.74) is 0.988. The van der Waals surface area contributed by atoms with Gasteiger partial charge in [0.2, 0.25) is 6.41 Å². The van der Waals surface area contributed by atoms with Crippen LogP contribution >= 0.6 is 11.3 Å². The lowest BCUT2D eigenvalue weighted by Crippen LogP contribution is -2.18. The molecule has 1 aromatic heterocycles. The Morgan fingerprint density at radius 2 is 2.60 bits per heavy atom. The quantitative estimate of drug-likeness (QED) is 0.609. The van der Waals surface area contributed by atoms with Crippen molar-refractivity contribution >= 4 is 23.4 Å². The van der Waals surface area contributed by atoms with Gasteiger partial charge in [0.05, 0.1) is 5.69 Å². The lowest BCUT2D eigenvalue weighted by atomic mass is 10.4. The Bertz CT molecular complexity index is 195. The van der Waals surface area contributed by atoms with Gasteiger partial charge in [0, 0.05) is 11.9 Å². The van der Waals surface area contributed by atoms with E-state index >= 15 is 0 Å². The highest BCUT2D eigenvalue weighted by molar-refractivity contribution is 7.08. The van der Waals surface area contributed by atoms with Crippen molar-refractivity contribution in [3.05, 3.63) is 16.8 Å². The molecular weight excluding hydrogens is 146 g/mol. The molecule has 0 fully saturated rings. The van der Waals surface area contributed by atoms with Crippen LogP contribution in [0.4, 0.5) is 5.69 Å². The fourth-order valence-electron chi connectivity index (χ4n) is 0.739. The van der Waals surface area contributed by atoms with Crippen molar-refractivity contribution in [3.8, 4) is 0 Å². The summed E-state index contributed by atoms with van der Waals surface area (Å²) in [6.07, 6.45) is 0.849. The molecule has 10 heavy (non-hydrogen) atoms. The third-order valence-corrected chi connectivity index (χ3v) is 1.98. The SMILES string of the molecule is CCN(C=O)c1ccsc1. The Morgan fingerprint density at radius 3 is 3.00 bits per heavy atom. The zero-order valence-electron chi connectivity index (χ0n) is 5.78. The summed E-state index contributed by atoms with van der Waals surface area (Å²) in [7, 11) is 0. The van der Waals surface area contributed by atoms with E-state index in [1.165, 1.54) is 0 Å². The summed E-state index contributed by atoms with van der Waals surface area (Å²) in [6.45, 7) is 2.69. The Morgan fingerprint density at radius 1 is 1.80 bits per heavy atom. The highest BCUT2D eigenvalue weighted by Gasteiger charge is 1.99. The maximum Gasteiger partial charge on any atom is 0.214 e. The van der Waals surface area contributed by atoms with Crippen molar-refractivity contribution in [1.29, 1.82) is 0 Å². The first-order valence-corrected chi connectivity index (χ1v) is 4.07. The molecule has 1 aromatic rings. The third-order valence-electron chi connectivity index (χ3n) is 1.31. The molecule has 0 atom stereocenters. The van der Waals surface area contributed by atoms with Gasteiger partial charge in [-0.25, -0.2) is 0 Å². The Hall–Kier alpha value is -0.830. The van der Waals surface area contributed by atoms with Crippen LogP contribution in [-0.2, 0) is 4.79 Å². The van der Waals surface area contributed by atoms with Crippen molar-refractivity contribution in [2.75, 3.05) is 11.4 Å². The molecule has 0 N–H and O–H groups in total. The molecule has 1 amide bonds. The second-order valence-electron chi connectivity index (χ2n) is 1.87. The van der Waals surface area contributed by atoms with Crippen LogP contribution in [0, 0.1) is 0 Å². The maximum atomic E-state index is 10.4. The van der Waals surface area contributed by atoms with E-state index < -0.39 is 0 Å². The van der Waals surface area contributed by atoms with Crippen LogP contribution in [0.15, 0.2) is 16.8 Å². The molecule has 0 saturated carbocycles. The minimum atomic E-state index is 0.736. The molecule has 0 aliphatic rings. The van der Waals surface area contributed by atoms with Gasteiger partial charge in [0.25, 0.3) is 0 Å². The van der Waals surface area contributed by atoms with Crippen LogP contribution in [0.3, 0.4) is 0 Å². The van der Waals surface area contributed by atoms with Gasteiger partial charge >= 0.3 is 0 Å². The van der Waals surface area contributed by atoms with E-state index in [0.717, 1.165) is 18.6 Å². The fraction of sp³-hybridized carbons (Fsp3) is 0.286. The van der Waals surface area contributed by atoms with E-state index in [1.807, 2.05) is 23.8 Å². The van der Waals surface area contributed by atoms with Crippen LogP contribution in [0.25, 0.3) is 0 Å². The number of carbonyl (C=O) groups is 1. The summed E-state index contributed by atoms with van der Waals surface area (Å²) in [4.78, 5) is 12.0. The predicted octanol–water partition coefficient (Wildman–Crippen LogP) is 1.73. The minimum absolute atomic E-state index is 0.736. The van der Waals surface area contributed by atoms with Gasteiger partial charge in [-0.3, -0.25) is 4.79 Å². The first-order valence-electron chi connectivity index (χ1n) is 3.12. The Labute approximate surface area is 64.1 Å². The van der Waals surface area contributed by atoms with Crippen LogP contribution in [-0.4, -0.2) is 13.0 Å². The van der Waals surface area contributed by atoms with Crippen molar-refractivity contribution in [2.24, 2.45) is 0 Å². The van der Waals surface area contributed by atoms with E-state index in [2.05, 4.69) is 0 Å². The lowest BCUT2D eigenvalue weighted by molar-refractivity contribution is -0.107. The van der Waals surface area contributed by atoms with E-state index in [1.54, 1.807) is 16.2 Å². The maximum absolute atomic E-state index is 10.4. The summed E-state index contributed by atoms with van der Waals surface area (Å²) in [5, 5.41) is 3.92. The summed E-state index contributed by atoms with van der Waals surface area (Å²) in [5.74, 6) is 0. The van der Waals surface area contributed by atoms with Crippen molar-refractivity contribution < 1.29 is 4.79 Å². The first kappa shape index (κ1) is 7.28. The first-order chi connectivity index (χ1) is 4.88. The molecule has 0 aliphatic carbocycles. The predicted molar refractivity (Wildman–Crippen MR) is 43.4 cm³/mol. The molecule has 0 saturated heterocycles. The molecule has 0 aliphatic heterocycles. The number of rotatable bonds is 3. The number of thiophene rings is 1. The number of hydrogen-bond acceptors (Lipinski definition) is 2. The molecule has 0 bridgehead atoms. The minimum Gasteiger partial charge on any atom is -0.314 e. The van der Waals surface area contributed by atoms with Gasteiger partial charge < -0.3 is 4.90 Å². The van der Waals surface area contributed by atoms with E-state index in [-0.39, 0.29) is 0 Å². The number of anilines is 1. The number of amides is 1. The largest absolute Gasteiger partial charge is 0.314 e. The molecule has 2 nitrogen and oxygen atoms in total. The molecule has 54 valence electrons. The Balaban J connectivity index is 2.73. The van der Waals surface area contributed by atoms with Crippen molar-refractivity contribution in [3.63, 3.8) is 0 Å². The van der Waals surface area contributed by atoms with Gasteiger partial charge in [-0.05, 0) is 18.4 Å². The molecular formula is C7H9NOS. The van der Waals surface area contributed by atoms with Crippen LogP contribution in [0.2, 0.25) is 0 Å². The topological polar surface area (TPSA) is 20.3 Å². The van der Waals surface area contributed by atoms with E-state index in [0.29, 0.717) is 0 Å². The molecule has 3 heteroatoms. The van der Waals surface area contributed by atoms with Crippen LogP contribution < -0.4 is 4.90 Å². The molecule has 0 spiro atoms. The zero-order chi connectivity index (χ0) is 7.40. The van der Waals surface area contributed by atoms with Gasteiger partial charge in [-0.2, -0.15) is 11.3 Å². The molecule has 0 radical (unpaired) electrons. The number of carbonyl (C=O) groups excluding carboxylic acids is 1.